The molecule has 0 aliphatic heterocycles. The lowest BCUT2D eigenvalue weighted by Gasteiger charge is -2.07. The number of hydrogen-bond donors (Lipinski definition) is 0. The fraction of sp³-hybridized carbons (Fsp3) is 0.0625. The van der Waals surface area contributed by atoms with E-state index in [-0.39, 0.29) is 12.4 Å². The van der Waals surface area contributed by atoms with Crippen LogP contribution in [0.1, 0.15) is 5.56 Å². The number of pyridine rings is 1. The minimum absolute atomic E-state index is 0.221. The van der Waals surface area contributed by atoms with Crippen LogP contribution in [0.3, 0.4) is 0 Å². The van der Waals surface area contributed by atoms with Crippen LogP contribution >= 0.6 is 0 Å². The molecule has 0 aliphatic rings. The van der Waals surface area contributed by atoms with E-state index in [1.54, 1.807) is 24.4 Å². The van der Waals surface area contributed by atoms with E-state index in [2.05, 4.69) is 4.98 Å². The van der Waals surface area contributed by atoms with Crippen LogP contribution in [0.2, 0.25) is 0 Å². The van der Waals surface area contributed by atoms with Crippen molar-refractivity contribution in [2.24, 2.45) is 0 Å². The number of rotatable bonds is 3. The van der Waals surface area contributed by atoms with E-state index >= 15 is 0 Å². The van der Waals surface area contributed by atoms with Gasteiger partial charge < -0.3 is 4.74 Å². The molecule has 0 saturated carbocycles. The van der Waals surface area contributed by atoms with E-state index < -0.39 is 0 Å². The fourth-order valence-corrected chi connectivity index (χ4v) is 1.92. The quantitative estimate of drug-likeness (QED) is 0.705. The van der Waals surface area contributed by atoms with Gasteiger partial charge in [-0.2, -0.15) is 0 Å². The summed E-state index contributed by atoms with van der Waals surface area (Å²) in [7, 11) is 0. The summed E-state index contributed by atoms with van der Waals surface area (Å²) < 4.78 is 19.1. The maximum Gasteiger partial charge on any atom is 0.129 e. The van der Waals surface area contributed by atoms with Crippen molar-refractivity contribution in [1.29, 1.82) is 0 Å². The van der Waals surface area contributed by atoms with Gasteiger partial charge in [-0.25, -0.2) is 4.39 Å². The van der Waals surface area contributed by atoms with Gasteiger partial charge in [0.15, 0.2) is 0 Å². The Bertz CT molecular complexity index is 712. The molecular weight excluding hydrogens is 241 g/mol. The average molecular weight is 253 g/mol. The molecular formula is C16H12FNO. The highest BCUT2D eigenvalue weighted by Crippen LogP contribution is 2.20. The van der Waals surface area contributed by atoms with Gasteiger partial charge in [0.2, 0.25) is 0 Å². The third kappa shape index (κ3) is 2.55. The molecule has 3 rings (SSSR count). The lowest BCUT2D eigenvalue weighted by Crippen LogP contribution is -1.98. The van der Waals surface area contributed by atoms with Gasteiger partial charge in [-0.1, -0.05) is 24.3 Å². The SMILES string of the molecule is Fc1ccccc1COc1ccc2ncccc2c1. The Morgan fingerprint density at radius 1 is 1.00 bits per heavy atom. The highest BCUT2D eigenvalue weighted by molar-refractivity contribution is 5.79. The largest absolute Gasteiger partial charge is 0.489 e. The van der Waals surface area contributed by atoms with Crippen molar-refractivity contribution in [3.63, 3.8) is 0 Å². The summed E-state index contributed by atoms with van der Waals surface area (Å²) in [6, 6.07) is 16.1. The summed E-state index contributed by atoms with van der Waals surface area (Å²) >= 11 is 0. The first-order chi connectivity index (χ1) is 9.33. The summed E-state index contributed by atoms with van der Waals surface area (Å²) in [5.41, 5.74) is 1.47. The topological polar surface area (TPSA) is 22.1 Å². The molecule has 0 radical (unpaired) electrons. The van der Waals surface area contributed by atoms with Gasteiger partial charge in [-0.15, -0.1) is 0 Å². The van der Waals surface area contributed by atoms with Crippen LogP contribution in [0.25, 0.3) is 10.9 Å². The molecule has 2 nitrogen and oxygen atoms in total. The molecule has 0 fully saturated rings. The zero-order valence-corrected chi connectivity index (χ0v) is 10.2. The number of nitrogens with zero attached hydrogens (tertiary/aromatic N) is 1. The van der Waals surface area contributed by atoms with Crippen molar-refractivity contribution < 1.29 is 9.13 Å². The predicted octanol–water partition coefficient (Wildman–Crippen LogP) is 3.95. The molecule has 0 bridgehead atoms. The first-order valence-corrected chi connectivity index (χ1v) is 6.04. The minimum Gasteiger partial charge on any atom is -0.489 e. The lowest BCUT2D eigenvalue weighted by molar-refractivity contribution is 0.300. The highest BCUT2D eigenvalue weighted by Gasteiger charge is 2.02. The molecule has 2 aromatic carbocycles. The lowest BCUT2D eigenvalue weighted by atomic mass is 10.2. The molecule has 0 aliphatic carbocycles. The number of fused-ring (bicyclic) bond motifs is 1. The first-order valence-electron chi connectivity index (χ1n) is 6.04. The minimum atomic E-state index is -0.245. The maximum atomic E-state index is 13.5. The van der Waals surface area contributed by atoms with E-state index in [0.717, 1.165) is 10.9 Å². The standard InChI is InChI=1S/C16H12FNO/c17-15-6-2-1-4-13(15)11-19-14-7-8-16-12(10-14)5-3-9-18-16/h1-10H,11H2. The van der Waals surface area contributed by atoms with Gasteiger partial charge >= 0.3 is 0 Å². The molecule has 1 heterocycles. The van der Waals surface area contributed by atoms with Gasteiger partial charge in [0.25, 0.3) is 0 Å². The van der Waals surface area contributed by atoms with E-state index in [9.17, 15) is 4.39 Å². The summed E-state index contributed by atoms with van der Waals surface area (Å²) in [5.74, 6) is 0.466. The molecule has 3 heteroatoms. The Labute approximate surface area is 110 Å². The summed E-state index contributed by atoms with van der Waals surface area (Å²) in [6.07, 6.45) is 1.75. The predicted molar refractivity (Wildman–Crippen MR) is 72.5 cm³/mol. The Morgan fingerprint density at radius 2 is 1.89 bits per heavy atom. The smallest absolute Gasteiger partial charge is 0.129 e. The number of ether oxygens (including phenoxy) is 1. The van der Waals surface area contributed by atoms with Crippen LogP contribution in [-0.2, 0) is 6.61 Å². The molecule has 1 aromatic heterocycles. The van der Waals surface area contributed by atoms with Crippen molar-refractivity contribution in [1.82, 2.24) is 4.98 Å². The van der Waals surface area contributed by atoms with Crippen LogP contribution in [0.4, 0.5) is 4.39 Å². The van der Waals surface area contributed by atoms with Gasteiger partial charge in [0, 0.05) is 17.1 Å². The van der Waals surface area contributed by atoms with Gasteiger partial charge in [-0.05, 0) is 30.3 Å². The molecule has 0 unspecified atom stereocenters. The van der Waals surface area contributed by atoms with E-state index in [1.807, 2.05) is 30.3 Å². The van der Waals surface area contributed by atoms with E-state index in [1.165, 1.54) is 6.07 Å². The van der Waals surface area contributed by atoms with Crippen molar-refractivity contribution in [3.8, 4) is 5.75 Å². The monoisotopic (exact) mass is 253 g/mol. The molecule has 19 heavy (non-hydrogen) atoms. The second kappa shape index (κ2) is 5.06. The molecule has 0 spiro atoms. The van der Waals surface area contributed by atoms with E-state index in [4.69, 9.17) is 4.74 Å². The highest BCUT2D eigenvalue weighted by atomic mass is 19.1. The Kier molecular flexibility index (Phi) is 3.11. The van der Waals surface area contributed by atoms with Crippen molar-refractivity contribution >= 4 is 10.9 Å². The van der Waals surface area contributed by atoms with Crippen molar-refractivity contribution in [2.45, 2.75) is 6.61 Å². The van der Waals surface area contributed by atoms with Crippen LogP contribution in [0.15, 0.2) is 60.8 Å². The summed E-state index contributed by atoms with van der Waals surface area (Å²) in [5, 5.41) is 1.01. The third-order valence-corrected chi connectivity index (χ3v) is 2.93. The Balaban J connectivity index is 1.80. The number of aromatic nitrogens is 1. The summed E-state index contributed by atoms with van der Waals surface area (Å²) in [4.78, 5) is 4.24. The normalized spacial score (nSPS) is 10.6. The summed E-state index contributed by atoms with van der Waals surface area (Å²) in [6.45, 7) is 0.221. The van der Waals surface area contributed by atoms with Gasteiger partial charge in [0.1, 0.15) is 18.2 Å². The molecule has 0 amide bonds. The van der Waals surface area contributed by atoms with Crippen LogP contribution in [0.5, 0.6) is 5.75 Å². The molecule has 0 atom stereocenters. The van der Waals surface area contributed by atoms with Crippen LogP contribution < -0.4 is 4.74 Å². The Morgan fingerprint density at radius 3 is 2.79 bits per heavy atom. The van der Waals surface area contributed by atoms with Crippen LogP contribution in [0, 0.1) is 5.82 Å². The zero-order chi connectivity index (χ0) is 13.1. The third-order valence-electron chi connectivity index (χ3n) is 2.93. The second-order valence-electron chi connectivity index (χ2n) is 4.24. The Hall–Kier alpha value is -2.42. The molecule has 0 N–H and O–H groups in total. The molecule has 0 saturated heterocycles. The van der Waals surface area contributed by atoms with Gasteiger partial charge in [-0.3, -0.25) is 4.98 Å². The number of halogens is 1. The zero-order valence-electron chi connectivity index (χ0n) is 10.2. The fourth-order valence-electron chi connectivity index (χ4n) is 1.92. The average Bonchev–Trinajstić information content (AvgIpc) is 2.46. The first kappa shape index (κ1) is 11.7. The van der Waals surface area contributed by atoms with Crippen molar-refractivity contribution in [3.05, 3.63) is 72.2 Å². The maximum absolute atomic E-state index is 13.5. The van der Waals surface area contributed by atoms with Crippen LogP contribution in [-0.4, -0.2) is 4.98 Å². The number of hydrogen-bond acceptors (Lipinski definition) is 2. The molecule has 94 valence electrons. The van der Waals surface area contributed by atoms with Gasteiger partial charge in [0.05, 0.1) is 5.52 Å². The number of benzene rings is 2. The van der Waals surface area contributed by atoms with Crippen molar-refractivity contribution in [2.75, 3.05) is 0 Å². The van der Waals surface area contributed by atoms with E-state index in [0.29, 0.717) is 11.3 Å². The molecule has 3 aromatic rings. The second-order valence-corrected chi connectivity index (χ2v) is 4.24.